The molecule has 1 heterocycles. The van der Waals surface area contributed by atoms with Gasteiger partial charge in [-0.25, -0.2) is 4.98 Å². The third kappa shape index (κ3) is 3.24. The molecule has 0 saturated carbocycles. The van der Waals surface area contributed by atoms with Gasteiger partial charge in [-0.15, -0.1) is 11.6 Å². The standard InChI is InChI=1S/C15H20Cl2N2/c1-3-11(4-2)10-19-14-6-5-12(17)9-13(14)18-15(19)7-8-16/h5-6,9,11H,3-4,7-8,10H2,1-2H3. The molecule has 2 rings (SSSR count). The molecule has 0 saturated heterocycles. The smallest absolute Gasteiger partial charge is 0.111 e. The first-order chi connectivity index (χ1) is 9.19. The van der Waals surface area contributed by atoms with Gasteiger partial charge in [0.05, 0.1) is 11.0 Å². The number of nitrogens with zero attached hydrogens (tertiary/aromatic N) is 2. The molecule has 1 aromatic heterocycles. The van der Waals surface area contributed by atoms with Crippen LogP contribution in [0.15, 0.2) is 18.2 Å². The van der Waals surface area contributed by atoms with Crippen LogP contribution in [0.1, 0.15) is 32.5 Å². The van der Waals surface area contributed by atoms with Crippen molar-refractivity contribution in [3.05, 3.63) is 29.0 Å². The lowest BCUT2D eigenvalue weighted by Crippen LogP contribution is -2.12. The van der Waals surface area contributed by atoms with Crippen LogP contribution in [0.5, 0.6) is 0 Å². The monoisotopic (exact) mass is 298 g/mol. The summed E-state index contributed by atoms with van der Waals surface area (Å²) in [5, 5.41) is 0.733. The summed E-state index contributed by atoms with van der Waals surface area (Å²) in [6.07, 6.45) is 3.17. The maximum Gasteiger partial charge on any atom is 0.111 e. The largest absolute Gasteiger partial charge is 0.328 e. The van der Waals surface area contributed by atoms with E-state index in [2.05, 4.69) is 29.5 Å². The van der Waals surface area contributed by atoms with Gasteiger partial charge in [-0.3, -0.25) is 0 Å². The van der Waals surface area contributed by atoms with Crippen molar-refractivity contribution in [2.75, 3.05) is 5.88 Å². The Morgan fingerprint density at radius 3 is 2.63 bits per heavy atom. The van der Waals surface area contributed by atoms with Crippen LogP contribution in [0.2, 0.25) is 5.02 Å². The van der Waals surface area contributed by atoms with Crippen LogP contribution in [0.25, 0.3) is 11.0 Å². The quantitative estimate of drug-likeness (QED) is 0.693. The predicted octanol–water partition coefficient (Wildman–Crippen LogP) is 4.91. The number of alkyl halides is 1. The van der Waals surface area contributed by atoms with Crippen LogP contribution >= 0.6 is 23.2 Å². The maximum atomic E-state index is 6.04. The van der Waals surface area contributed by atoms with Gasteiger partial charge >= 0.3 is 0 Å². The SMILES string of the molecule is CCC(CC)Cn1c(CCCl)nc2cc(Cl)ccc21. The second kappa shape index (κ2) is 6.62. The molecule has 0 unspecified atom stereocenters. The molecule has 0 radical (unpaired) electrons. The number of fused-ring (bicyclic) bond motifs is 1. The minimum absolute atomic E-state index is 0.597. The fourth-order valence-electron chi connectivity index (χ4n) is 2.44. The zero-order valence-electron chi connectivity index (χ0n) is 11.5. The van der Waals surface area contributed by atoms with E-state index < -0.39 is 0 Å². The molecule has 4 heteroatoms. The highest BCUT2D eigenvalue weighted by Crippen LogP contribution is 2.23. The van der Waals surface area contributed by atoms with Gasteiger partial charge in [0.15, 0.2) is 0 Å². The van der Waals surface area contributed by atoms with Crippen molar-refractivity contribution in [2.24, 2.45) is 5.92 Å². The molecule has 2 aromatic rings. The highest BCUT2D eigenvalue weighted by atomic mass is 35.5. The Hall–Kier alpha value is -0.730. The first-order valence-electron chi connectivity index (χ1n) is 6.90. The number of halogens is 2. The van der Waals surface area contributed by atoms with Gasteiger partial charge in [0.2, 0.25) is 0 Å². The van der Waals surface area contributed by atoms with Gasteiger partial charge in [-0.1, -0.05) is 38.3 Å². The average molecular weight is 299 g/mol. The fourth-order valence-corrected chi connectivity index (χ4v) is 2.77. The van der Waals surface area contributed by atoms with Gasteiger partial charge in [-0.2, -0.15) is 0 Å². The lowest BCUT2D eigenvalue weighted by atomic mass is 10.0. The van der Waals surface area contributed by atoms with E-state index in [1.54, 1.807) is 0 Å². The Bertz CT molecular complexity index is 544. The van der Waals surface area contributed by atoms with Crippen molar-refractivity contribution >= 4 is 34.2 Å². The fraction of sp³-hybridized carbons (Fsp3) is 0.533. The van der Waals surface area contributed by atoms with Crippen LogP contribution < -0.4 is 0 Å². The van der Waals surface area contributed by atoms with Gasteiger partial charge in [0.1, 0.15) is 5.82 Å². The Labute approximate surface area is 124 Å². The molecule has 1 aromatic carbocycles. The molecule has 0 N–H and O–H groups in total. The number of rotatable bonds is 6. The van der Waals surface area contributed by atoms with Gasteiger partial charge < -0.3 is 4.57 Å². The first kappa shape index (κ1) is 14.7. The highest BCUT2D eigenvalue weighted by Gasteiger charge is 2.13. The summed E-state index contributed by atoms with van der Waals surface area (Å²) in [5.41, 5.74) is 2.13. The number of hydrogen-bond acceptors (Lipinski definition) is 1. The van der Waals surface area contributed by atoms with Crippen molar-refractivity contribution in [1.29, 1.82) is 0 Å². The number of aryl methyl sites for hydroxylation is 1. The average Bonchev–Trinajstić information content (AvgIpc) is 2.73. The lowest BCUT2D eigenvalue weighted by Gasteiger charge is -2.16. The molecule has 0 aliphatic heterocycles. The van der Waals surface area contributed by atoms with Crippen molar-refractivity contribution in [1.82, 2.24) is 9.55 Å². The van der Waals surface area contributed by atoms with Crippen molar-refractivity contribution < 1.29 is 0 Å². The molecule has 19 heavy (non-hydrogen) atoms. The minimum Gasteiger partial charge on any atom is -0.328 e. The van der Waals surface area contributed by atoms with Crippen LogP contribution in [-0.2, 0) is 13.0 Å². The zero-order valence-corrected chi connectivity index (χ0v) is 13.0. The summed E-state index contributed by atoms with van der Waals surface area (Å²) in [5.74, 6) is 2.35. The third-order valence-corrected chi connectivity index (χ3v) is 4.13. The van der Waals surface area contributed by atoms with Crippen LogP contribution in [0.4, 0.5) is 0 Å². The second-order valence-electron chi connectivity index (χ2n) is 4.89. The number of imidazole rings is 1. The molecule has 2 nitrogen and oxygen atoms in total. The summed E-state index contributed by atoms with van der Waals surface area (Å²) in [4.78, 5) is 4.68. The molecule has 0 aliphatic carbocycles. The van der Waals surface area contributed by atoms with Crippen molar-refractivity contribution in [3.63, 3.8) is 0 Å². The summed E-state index contributed by atoms with van der Waals surface area (Å²) >= 11 is 11.9. The second-order valence-corrected chi connectivity index (χ2v) is 5.71. The first-order valence-corrected chi connectivity index (χ1v) is 7.81. The molecule has 104 valence electrons. The minimum atomic E-state index is 0.597. The normalized spacial score (nSPS) is 11.6. The molecule has 0 bridgehead atoms. The van der Waals surface area contributed by atoms with E-state index in [0.717, 1.165) is 34.8 Å². The molecule has 0 fully saturated rings. The molecule has 0 amide bonds. The van der Waals surface area contributed by atoms with Crippen LogP contribution in [0.3, 0.4) is 0 Å². The van der Waals surface area contributed by atoms with Gasteiger partial charge in [0, 0.05) is 23.9 Å². The number of hydrogen-bond donors (Lipinski definition) is 0. The highest BCUT2D eigenvalue weighted by molar-refractivity contribution is 6.31. The molecule has 0 atom stereocenters. The van der Waals surface area contributed by atoms with Gasteiger partial charge in [-0.05, 0) is 24.1 Å². The topological polar surface area (TPSA) is 17.8 Å². The van der Waals surface area contributed by atoms with Crippen LogP contribution in [-0.4, -0.2) is 15.4 Å². The van der Waals surface area contributed by atoms with E-state index in [1.165, 1.54) is 12.8 Å². The van der Waals surface area contributed by atoms with E-state index in [0.29, 0.717) is 11.8 Å². The molecular formula is C15H20Cl2N2. The summed E-state index contributed by atoms with van der Waals surface area (Å²) in [7, 11) is 0. The van der Waals surface area contributed by atoms with E-state index >= 15 is 0 Å². The molecule has 0 spiro atoms. The third-order valence-electron chi connectivity index (χ3n) is 3.70. The Balaban J connectivity index is 2.45. The zero-order chi connectivity index (χ0) is 13.8. The Kier molecular flexibility index (Phi) is 5.12. The van der Waals surface area contributed by atoms with E-state index in [4.69, 9.17) is 23.2 Å². The summed E-state index contributed by atoms with van der Waals surface area (Å²) in [6.45, 7) is 5.49. The molecular weight excluding hydrogens is 279 g/mol. The van der Waals surface area contributed by atoms with Crippen molar-refractivity contribution in [2.45, 2.75) is 39.7 Å². The maximum absolute atomic E-state index is 6.04. The predicted molar refractivity (Wildman–Crippen MR) is 83.2 cm³/mol. The number of benzene rings is 1. The summed E-state index contributed by atoms with van der Waals surface area (Å²) < 4.78 is 2.31. The van der Waals surface area contributed by atoms with E-state index in [1.807, 2.05) is 12.1 Å². The van der Waals surface area contributed by atoms with E-state index in [9.17, 15) is 0 Å². The summed E-state index contributed by atoms with van der Waals surface area (Å²) in [6, 6.07) is 5.92. The Morgan fingerprint density at radius 2 is 2.00 bits per heavy atom. The lowest BCUT2D eigenvalue weighted by molar-refractivity contribution is 0.417. The van der Waals surface area contributed by atoms with Crippen LogP contribution in [0, 0.1) is 5.92 Å². The number of aromatic nitrogens is 2. The Morgan fingerprint density at radius 1 is 1.26 bits per heavy atom. The van der Waals surface area contributed by atoms with Gasteiger partial charge in [0.25, 0.3) is 0 Å². The van der Waals surface area contributed by atoms with E-state index in [-0.39, 0.29) is 0 Å². The molecule has 0 aliphatic rings. The van der Waals surface area contributed by atoms with Crippen molar-refractivity contribution in [3.8, 4) is 0 Å².